The number of hydrogen-bond acceptors (Lipinski definition) is 6. The molecule has 0 atom stereocenters. The predicted molar refractivity (Wildman–Crippen MR) is 88.3 cm³/mol. The molecule has 3 aromatic rings. The number of hydrogen-bond donors (Lipinski definition) is 1. The molecule has 0 spiro atoms. The number of carbonyl (C=O) groups is 1. The van der Waals surface area contributed by atoms with Crippen LogP contribution in [0, 0.1) is 0 Å². The molecular formula is C16H14N2O4S. The van der Waals surface area contributed by atoms with E-state index in [9.17, 15) is 9.59 Å². The fraction of sp³-hybridized carbons (Fsp3) is 0.188. The third-order valence-electron chi connectivity index (χ3n) is 2.99. The Balaban J connectivity index is 2.02. The highest BCUT2D eigenvalue weighted by molar-refractivity contribution is 7.13. The molecule has 0 aliphatic heterocycles. The lowest BCUT2D eigenvalue weighted by molar-refractivity contribution is 0.102. The van der Waals surface area contributed by atoms with E-state index < -0.39 is 11.5 Å². The average Bonchev–Trinajstić information content (AvgIpc) is 2.98. The summed E-state index contributed by atoms with van der Waals surface area (Å²) in [6, 6.07) is 6.22. The second kappa shape index (κ2) is 6.21. The van der Waals surface area contributed by atoms with Crippen LogP contribution in [0.5, 0.6) is 5.75 Å². The van der Waals surface area contributed by atoms with E-state index >= 15 is 0 Å². The van der Waals surface area contributed by atoms with Crippen LogP contribution in [0.25, 0.3) is 11.0 Å². The third-order valence-corrected chi connectivity index (χ3v) is 3.67. The number of benzene rings is 1. The maximum absolute atomic E-state index is 12.4. The van der Waals surface area contributed by atoms with E-state index in [1.165, 1.54) is 17.4 Å². The monoisotopic (exact) mass is 330 g/mol. The number of thiazole rings is 1. The van der Waals surface area contributed by atoms with Gasteiger partial charge in [0, 0.05) is 29.1 Å². The molecule has 23 heavy (non-hydrogen) atoms. The highest BCUT2D eigenvalue weighted by atomic mass is 32.1. The van der Waals surface area contributed by atoms with Crippen molar-refractivity contribution in [1.29, 1.82) is 0 Å². The van der Waals surface area contributed by atoms with Crippen LogP contribution in [0.2, 0.25) is 0 Å². The maximum Gasteiger partial charge on any atom is 0.337 e. The molecule has 1 N–H and O–H groups in total. The van der Waals surface area contributed by atoms with Gasteiger partial charge in [0.25, 0.3) is 5.91 Å². The van der Waals surface area contributed by atoms with Gasteiger partial charge in [0.15, 0.2) is 5.13 Å². The highest BCUT2D eigenvalue weighted by Crippen LogP contribution is 2.24. The molecule has 0 saturated heterocycles. The number of ether oxygens (including phenoxy) is 1. The minimum atomic E-state index is -0.594. The second-order valence-electron chi connectivity index (χ2n) is 5.10. The Bertz CT molecular complexity index is 900. The highest BCUT2D eigenvalue weighted by Gasteiger charge is 2.15. The van der Waals surface area contributed by atoms with Crippen LogP contribution >= 0.6 is 11.3 Å². The first-order chi connectivity index (χ1) is 11.0. The standard InChI is InChI=1S/C16H14N2O4S/c1-9(2)21-10-3-4-11-12(8-14(19)22-13(11)7-10)15(20)18-16-17-5-6-23-16/h3-9H,1-2H3,(H,17,18,20). The lowest BCUT2D eigenvalue weighted by Gasteiger charge is -2.11. The second-order valence-corrected chi connectivity index (χ2v) is 5.99. The summed E-state index contributed by atoms with van der Waals surface area (Å²) in [5.41, 5.74) is -0.0500. The quantitative estimate of drug-likeness (QED) is 0.742. The van der Waals surface area contributed by atoms with Crippen molar-refractivity contribution >= 4 is 33.3 Å². The smallest absolute Gasteiger partial charge is 0.337 e. The van der Waals surface area contributed by atoms with Crippen molar-refractivity contribution in [2.45, 2.75) is 20.0 Å². The molecule has 2 heterocycles. The summed E-state index contributed by atoms with van der Waals surface area (Å²) in [5, 5.41) is 5.42. The zero-order valence-corrected chi connectivity index (χ0v) is 13.3. The third kappa shape index (κ3) is 3.40. The summed E-state index contributed by atoms with van der Waals surface area (Å²) in [6.07, 6.45) is 1.59. The molecule has 118 valence electrons. The molecule has 6 nitrogen and oxygen atoms in total. The van der Waals surface area contributed by atoms with Crippen LogP contribution in [-0.4, -0.2) is 17.0 Å². The van der Waals surface area contributed by atoms with E-state index in [4.69, 9.17) is 9.15 Å². The number of rotatable bonds is 4. The first kappa shape index (κ1) is 15.2. The lowest BCUT2D eigenvalue weighted by atomic mass is 10.1. The van der Waals surface area contributed by atoms with Crippen molar-refractivity contribution in [3.63, 3.8) is 0 Å². The van der Waals surface area contributed by atoms with Crippen molar-refractivity contribution in [3.05, 3.63) is 51.8 Å². The van der Waals surface area contributed by atoms with Gasteiger partial charge in [0.2, 0.25) is 0 Å². The van der Waals surface area contributed by atoms with Crippen molar-refractivity contribution in [1.82, 2.24) is 4.98 Å². The van der Waals surface area contributed by atoms with Crippen LogP contribution in [0.3, 0.4) is 0 Å². The Hall–Kier alpha value is -2.67. The molecule has 1 amide bonds. The zero-order valence-electron chi connectivity index (χ0n) is 12.5. The van der Waals surface area contributed by atoms with Crippen LogP contribution in [0.15, 0.2) is 45.1 Å². The van der Waals surface area contributed by atoms with E-state index in [1.807, 2.05) is 13.8 Å². The van der Waals surface area contributed by atoms with Crippen molar-refractivity contribution < 1.29 is 13.9 Å². The Morgan fingerprint density at radius 1 is 1.35 bits per heavy atom. The number of anilines is 1. The van der Waals surface area contributed by atoms with Gasteiger partial charge in [-0.2, -0.15) is 0 Å². The summed E-state index contributed by atoms with van der Waals surface area (Å²) in [7, 11) is 0. The van der Waals surface area contributed by atoms with Gasteiger partial charge in [-0.3, -0.25) is 10.1 Å². The summed E-state index contributed by atoms with van der Waals surface area (Å²) < 4.78 is 10.8. The van der Waals surface area contributed by atoms with Gasteiger partial charge in [0.05, 0.1) is 11.7 Å². The topological polar surface area (TPSA) is 81.4 Å². The van der Waals surface area contributed by atoms with Crippen molar-refractivity contribution in [2.75, 3.05) is 5.32 Å². The molecule has 3 rings (SSSR count). The SMILES string of the molecule is CC(C)Oc1ccc2c(C(=O)Nc3nccs3)cc(=O)oc2c1. The van der Waals surface area contributed by atoms with Gasteiger partial charge >= 0.3 is 5.63 Å². The lowest BCUT2D eigenvalue weighted by Crippen LogP contribution is -2.15. The molecule has 0 saturated carbocycles. The van der Waals surface area contributed by atoms with Gasteiger partial charge in [-0.05, 0) is 26.0 Å². The fourth-order valence-corrected chi connectivity index (χ4v) is 2.65. The van der Waals surface area contributed by atoms with Gasteiger partial charge in [0.1, 0.15) is 11.3 Å². The molecule has 2 aromatic heterocycles. The fourth-order valence-electron chi connectivity index (χ4n) is 2.13. The summed E-state index contributed by atoms with van der Waals surface area (Å²) in [4.78, 5) is 28.1. The number of fused-ring (bicyclic) bond motifs is 1. The zero-order chi connectivity index (χ0) is 16.4. The van der Waals surface area contributed by atoms with Crippen molar-refractivity contribution in [3.8, 4) is 5.75 Å². The molecule has 7 heteroatoms. The molecule has 1 aromatic carbocycles. The van der Waals surface area contributed by atoms with Crippen LogP contribution in [0.1, 0.15) is 24.2 Å². The molecule has 0 aliphatic rings. The summed E-state index contributed by atoms with van der Waals surface area (Å²) in [5.74, 6) is 0.170. The minimum Gasteiger partial charge on any atom is -0.491 e. The number of amides is 1. The number of carbonyl (C=O) groups excluding carboxylic acids is 1. The molecule has 0 unspecified atom stereocenters. The Labute approximate surface area is 135 Å². The Kier molecular flexibility index (Phi) is 4.12. The Morgan fingerprint density at radius 2 is 2.17 bits per heavy atom. The molecular weight excluding hydrogens is 316 g/mol. The van der Waals surface area contributed by atoms with E-state index in [1.54, 1.807) is 29.8 Å². The predicted octanol–water partition coefficient (Wildman–Crippen LogP) is 3.29. The molecule has 0 fully saturated rings. The number of aromatic nitrogens is 1. The molecule has 0 aliphatic carbocycles. The van der Waals surface area contributed by atoms with Crippen LogP contribution < -0.4 is 15.7 Å². The van der Waals surface area contributed by atoms with Gasteiger partial charge in [-0.25, -0.2) is 9.78 Å². The largest absolute Gasteiger partial charge is 0.491 e. The Morgan fingerprint density at radius 3 is 2.87 bits per heavy atom. The summed E-state index contributed by atoms with van der Waals surface area (Å²) in [6.45, 7) is 3.80. The average molecular weight is 330 g/mol. The van der Waals surface area contributed by atoms with E-state index in [-0.39, 0.29) is 11.7 Å². The van der Waals surface area contributed by atoms with E-state index in [0.29, 0.717) is 21.9 Å². The van der Waals surface area contributed by atoms with Gasteiger partial charge in [-0.1, -0.05) is 0 Å². The first-order valence-corrected chi connectivity index (χ1v) is 7.86. The van der Waals surface area contributed by atoms with E-state index in [2.05, 4.69) is 10.3 Å². The normalized spacial score (nSPS) is 10.9. The summed E-state index contributed by atoms with van der Waals surface area (Å²) >= 11 is 1.30. The number of nitrogens with one attached hydrogen (secondary N) is 1. The van der Waals surface area contributed by atoms with E-state index in [0.717, 1.165) is 0 Å². The molecule has 0 radical (unpaired) electrons. The van der Waals surface area contributed by atoms with Gasteiger partial charge < -0.3 is 9.15 Å². The van der Waals surface area contributed by atoms with Crippen LogP contribution in [-0.2, 0) is 0 Å². The van der Waals surface area contributed by atoms with Crippen molar-refractivity contribution in [2.24, 2.45) is 0 Å². The molecule has 0 bridgehead atoms. The first-order valence-electron chi connectivity index (χ1n) is 6.98. The number of nitrogens with zero attached hydrogens (tertiary/aromatic N) is 1. The van der Waals surface area contributed by atoms with Gasteiger partial charge in [-0.15, -0.1) is 11.3 Å². The maximum atomic E-state index is 12.4. The van der Waals surface area contributed by atoms with Crippen LogP contribution in [0.4, 0.5) is 5.13 Å². The minimum absolute atomic E-state index is 0.00411.